The highest BCUT2D eigenvalue weighted by Gasteiger charge is 2.22. The van der Waals surface area contributed by atoms with Crippen LogP contribution in [0.2, 0.25) is 10.0 Å². The summed E-state index contributed by atoms with van der Waals surface area (Å²) in [5.41, 5.74) is 0.489. The number of anilines is 1. The number of para-hydroxylation sites is 1. The van der Waals surface area contributed by atoms with Gasteiger partial charge in [0.25, 0.3) is 0 Å². The number of piperidine rings is 1. The average Bonchev–Trinajstić information content (AvgIpc) is 2.49. The lowest BCUT2D eigenvalue weighted by Gasteiger charge is -2.33. The molecule has 1 heterocycles. The molecule has 1 unspecified atom stereocenters. The Labute approximate surface area is 135 Å². The van der Waals surface area contributed by atoms with Gasteiger partial charge in [-0.25, -0.2) is 0 Å². The summed E-state index contributed by atoms with van der Waals surface area (Å²) in [6.45, 7) is 5.27. The van der Waals surface area contributed by atoms with Crippen molar-refractivity contribution in [2.45, 2.75) is 25.8 Å². The Morgan fingerprint density at radius 2 is 2.14 bits per heavy atom. The van der Waals surface area contributed by atoms with Gasteiger partial charge in [-0.05, 0) is 38.1 Å². The van der Waals surface area contributed by atoms with Crippen molar-refractivity contribution in [3.05, 3.63) is 28.2 Å². The molecule has 1 amide bonds. The minimum atomic E-state index is -0.0857. The number of benzene rings is 1. The molecule has 1 fully saturated rings. The van der Waals surface area contributed by atoms with E-state index in [0.29, 0.717) is 28.3 Å². The highest BCUT2D eigenvalue weighted by molar-refractivity contribution is 6.39. The topological polar surface area (TPSA) is 44.4 Å². The van der Waals surface area contributed by atoms with Crippen LogP contribution in [0, 0.1) is 0 Å². The third-order valence-electron chi connectivity index (χ3n) is 3.77. The zero-order chi connectivity index (χ0) is 15.2. The molecule has 21 heavy (non-hydrogen) atoms. The molecule has 0 aliphatic carbocycles. The van der Waals surface area contributed by atoms with E-state index >= 15 is 0 Å². The van der Waals surface area contributed by atoms with Crippen LogP contribution in [0.3, 0.4) is 0 Å². The van der Waals surface area contributed by atoms with Crippen molar-refractivity contribution < 1.29 is 4.79 Å². The van der Waals surface area contributed by atoms with E-state index in [9.17, 15) is 4.79 Å². The lowest BCUT2D eigenvalue weighted by Crippen LogP contribution is -2.48. The van der Waals surface area contributed by atoms with Gasteiger partial charge >= 0.3 is 0 Å². The van der Waals surface area contributed by atoms with Crippen molar-refractivity contribution in [3.63, 3.8) is 0 Å². The van der Waals surface area contributed by atoms with Crippen LogP contribution in [0.5, 0.6) is 0 Å². The summed E-state index contributed by atoms with van der Waals surface area (Å²) < 4.78 is 0. The maximum absolute atomic E-state index is 12.2. The van der Waals surface area contributed by atoms with Crippen LogP contribution >= 0.6 is 23.2 Å². The monoisotopic (exact) mass is 329 g/mol. The van der Waals surface area contributed by atoms with Gasteiger partial charge in [-0.15, -0.1) is 0 Å². The molecular formula is C15H21Cl2N3O. The molecule has 0 spiro atoms. The summed E-state index contributed by atoms with van der Waals surface area (Å²) in [7, 11) is 0. The molecule has 116 valence electrons. The van der Waals surface area contributed by atoms with Crippen molar-refractivity contribution in [2.75, 3.05) is 31.5 Å². The van der Waals surface area contributed by atoms with Gasteiger partial charge < -0.3 is 10.6 Å². The molecule has 0 bridgehead atoms. The zero-order valence-corrected chi connectivity index (χ0v) is 13.7. The van der Waals surface area contributed by atoms with E-state index in [1.165, 1.54) is 0 Å². The maximum atomic E-state index is 12.2. The number of amides is 1. The first-order valence-electron chi connectivity index (χ1n) is 7.30. The number of hydrogen-bond donors (Lipinski definition) is 2. The quantitative estimate of drug-likeness (QED) is 0.872. The van der Waals surface area contributed by atoms with E-state index in [0.717, 1.165) is 32.5 Å². The number of carbonyl (C=O) groups excluding carboxylic acids is 1. The van der Waals surface area contributed by atoms with Gasteiger partial charge in [0.15, 0.2) is 0 Å². The fourth-order valence-corrected chi connectivity index (χ4v) is 3.12. The number of rotatable bonds is 5. The van der Waals surface area contributed by atoms with Gasteiger partial charge in [0.05, 0.1) is 22.3 Å². The van der Waals surface area contributed by atoms with Crippen molar-refractivity contribution in [1.82, 2.24) is 10.2 Å². The summed E-state index contributed by atoms with van der Waals surface area (Å²) in [4.78, 5) is 14.4. The number of hydrogen-bond acceptors (Lipinski definition) is 3. The summed E-state index contributed by atoms with van der Waals surface area (Å²) >= 11 is 12.1. The van der Waals surface area contributed by atoms with Crippen molar-refractivity contribution in [2.24, 2.45) is 0 Å². The second-order valence-electron chi connectivity index (χ2n) is 5.21. The van der Waals surface area contributed by atoms with E-state index in [-0.39, 0.29) is 5.91 Å². The first-order valence-corrected chi connectivity index (χ1v) is 8.06. The van der Waals surface area contributed by atoms with Gasteiger partial charge in [-0.1, -0.05) is 36.2 Å². The Morgan fingerprint density at radius 3 is 2.71 bits per heavy atom. The van der Waals surface area contributed by atoms with Crippen molar-refractivity contribution in [3.8, 4) is 0 Å². The maximum Gasteiger partial charge on any atom is 0.238 e. The fourth-order valence-electron chi connectivity index (χ4n) is 2.62. The van der Waals surface area contributed by atoms with Gasteiger partial charge in [0.1, 0.15) is 0 Å². The second-order valence-corrected chi connectivity index (χ2v) is 6.02. The standard InChI is InChI=1S/C15H21Cl2N3O/c1-2-20(11-5-4-8-18-9-11)10-14(21)19-15-12(16)6-3-7-13(15)17/h3,6-7,11,18H,2,4-5,8-10H2,1H3,(H,19,21). The molecule has 0 aromatic heterocycles. The van der Waals surface area contributed by atoms with Crippen LogP contribution in [-0.4, -0.2) is 43.0 Å². The molecule has 1 aromatic rings. The molecule has 4 nitrogen and oxygen atoms in total. The van der Waals surface area contributed by atoms with Crippen molar-refractivity contribution >= 4 is 34.8 Å². The van der Waals surface area contributed by atoms with Crippen LogP contribution < -0.4 is 10.6 Å². The van der Waals surface area contributed by atoms with Crippen LogP contribution in [0.15, 0.2) is 18.2 Å². The molecule has 0 radical (unpaired) electrons. The molecule has 1 saturated heterocycles. The minimum Gasteiger partial charge on any atom is -0.322 e. The smallest absolute Gasteiger partial charge is 0.238 e. The molecule has 1 aromatic carbocycles. The Balaban J connectivity index is 1.96. The predicted molar refractivity (Wildman–Crippen MR) is 88.2 cm³/mol. The van der Waals surface area contributed by atoms with Crippen LogP contribution in [-0.2, 0) is 4.79 Å². The SMILES string of the molecule is CCN(CC(=O)Nc1c(Cl)cccc1Cl)C1CCCNC1. The minimum absolute atomic E-state index is 0.0857. The summed E-state index contributed by atoms with van der Waals surface area (Å²) in [6.07, 6.45) is 2.28. The average molecular weight is 330 g/mol. The van der Waals surface area contributed by atoms with Gasteiger partial charge in [-0.2, -0.15) is 0 Å². The number of halogens is 2. The molecule has 0 saturated carbocycles. The van der Waals surface area contributed by atoms with E-state index in [4.69, 9.17) is 23.2 Å². The van der Waals surface area contributed by atoms with Gasteiger partial charge in [-0.3, -0.25) is 9.69 Å². The van der Waals surface area contributed by atoms with Crippen LogP contribution in [0.4, 0.5) is 5.69 Å². The number of carbonyl (C=O) groups is 1. The number of likely N-dealkylation sites (N-methyl/N-ethyl adjacent to an activating group) is 1. The molecule has 1 aliphatic rings. The van der Waals surface area contributed by atoms with Gasteiger partial charge in [0.2, 0.25) is 5.91 Å². The molecule has 1 atom stereocenters. The van der Waals surface area contributed by atoms with E-state index in [1.807, 2.05) is 0 Å². The van der Waals surface area contributed by atoms with E-state index in [1.54, 1.807) is 18.2 Å². The second kappa shape index (κ2) is 7.99. The first-order chi connectivity index (χ1) is 10.1. The Kier molecular flexibility index (Phi) is 6.30. The summed E-state index contributed by atoms with van der Waals surface area (Å²) in [5.74, 6) is -0.0857. The fraction of sp³-hybridized carbons (Fsp3) is 0.533. The molecule has 2 rings (SSSR count). The number of nitrogens with zero attached hydrogens (tertiary/aromatic N) is 1. The largest absolute Gasteiger partial charge is 0.322 e. The van der Waals surface area contributed by atoms with E-state index < -0.39 is 0 Å². The highest BCUT2D eigenvalue weighted by atomic mass is 35.5. The van der Waals surface area contributed by atoms with Crippen molar-refractivity contribution in [1.29, 1.82) is 0 Å². The molecular weight excluding hydrogens is 309 g/mol. The van der Waals surface area contributed by atoms with Crippen LogP contribution in [0.25, 0.3) is 0 Å². The van der Waals surface area contributed by atoms with Crippen LogP contribution in [0.1, 0.15) is 19.8 Å². The normalized spacial score (nSPS) is 18.8. The Bertz CT molecular complexity index is 470. The molecule has 2 N–H and O–H groups in total. The lowest BCUT2D eigenvalue weighted by molar-refractivity contribution is -0.117. The van der Waals surface area contributed by atoms with Gasteiger partial charge in [0, 0.05) is 12.6 Å². The number of nitrogens with one attached hydrogen (secondary N) is 2. The highest BCUT2D eigenvalue weighted by Crippen LogP contribution is 2.29. The lowest BCUT2D eigenvalue weighted by atomic mass is 10.1. The van der Waals surface area contributed by atoms with E-state index in [2.05, 4.69) is 22.5 Å². The third-order valence-corrected chi connectivity index (χ3v) is 4.40. The summed E-state index contributed by atoms with van der Waals surface area (Å²) in [5, 5.41) is 7.11. The Hall–Kier alpha value is -0.810. The Morgan fingerprint density at radius 1 is 1.43 bits per heavy atom. The summed E-state index contributed by atoms with van der Waals surface area (Å²) in [6, 6.07) is 5.60. The molecule has 1 aliphatic heterocycles. The zero-order valence-electron chi connectivity index (χ0n) is 12.2. The predicted octanol–water partition coefficient (Wildman–Crippen LogP) is 3.01. The first kappa shape index (κ1) is 16.6. The third kappa shape index (κ3) is 4.58. The molecule has 6 heteroatoms.